The van der Waals surface area contributed by atoms with Gasteiger partial charge in [-0.1, -0.05) is 116 Å². The maximum Gasteiger partial charge on any atom is 0.319 e. The third-order valence-electron chi connectivity index (χ3n) is 9.91. The zero-order valence-electron chi connectivity index (χ0n) is 31.7. The van der Waals surface area contributed by atoms with Crippen LogP contribution in [0.15, 0.2) is 163 Å². The lowest BCUT2D eigenvalue weighted by molar-refractivity contribution is -0.268. The molecule has 12 heteroatoms. The summed E-state index contributed by atoms with van der Waals surface area (Å²) in [6.07, 6.45) is -1.13. The summed E-state index contributed by atoms with van der Waals surface area (Å²) in [7, 11) is 0. The minimum Gasteiger partial charge on any atom is -0.457 e. The number of tetrazole rings is 1. The molecular formula is C46H42N6O5S. The molecule has 58 heavy (non-hydrogen) atoms. The van der Waals surface area contributed by atoms with E-state index < -0.39 is 6.29 Å². The average Bonchev–Trinajstić information content (AvgIpc) is 3.76. The molecule has 6 aromatic carbocycles. The Morgan fingerprint density at radius 2 is 1.47 bits per heavy atom. The number of ether oxygens (including phenoxy) is 3. The fraction of sp³-hybridized carbons (Fsp3) is 0.174. The molecule has 7 aromatic rings. The van der Waals surface area contributed by atoms with Crippen molar-refractivity contribution in [2.24, 2.45) is 5.92 Å². The van der Waals surface area contributed by atoms with E-state index in [0.717, 1.165) is 44.8 Å². The highest BCUT2D eigenvalue weighted by Gasteiger charge is 2.38. The Balaban J connectivity index is 0.948. The predicted octanol–water partition coefficient (Wildman–Crippen LogP) is 9.52. The first-order valence-electron chi connectivity index (χ1n) is 19.0. The normalized spacial score (nSPS) is 17.7. The van der Waals surface area contributed by atoms with Gasteiger partial charge in [0.15, 0.2) is 6.29 Å². The van der Waals surface area contributed by atoms with Gasteiger partial charge < -0.3 is 30.0 Å². The number of nitrogens with one attached hydrogen (secondary N) is 2. The second-order valence-electron chi connectivity index (χ2n) is 13.9. The van der Waals surface area contributed by atoms with Crippen molar-refractivity contribution >= 4 is 23.5 Å². The molecule has 1 aliphatic rings. The number of aliphatic hydroxyl groups excluding tert-OH is 1. The maximum atomic E-state index is 12.8. The highest BCUT2D eigenvalue weighted by Crippen LogP contribution is 2.43. The smallest absolute Gasteiger partial charge is 0.319 e. The van der Waals surface area contributed by atoms with Gasteiger partial charge in [-0.2, -0.15) is 4.68 Å². The van der Waals surface area contributed by atoms with Crippen molar-refractivity contribution in [3.63, 3.8) is 0 Å². The monoisotopic (exact) mass is 790 g/mol. The summed E-state index contributed by atoms with van der Waals surface area (Å²) < 4.78 is 21.1. The van der Waals surface area contributed by atoms with Crippen LogP contribution in [0.3, 0.4) is 0 Å². The van der Waals surface area contributed by atoms with Crippen LogP contribution in [0.4, 0.5) is 10.5 Å². The van der Waals surface area contributed by atoms with Crippen molar-refractivity contribution in [3.8, 4) is 28.3 Å². The number of benzene rings is 6. The number of rotatable bonds is 13. The van der Waals surface area contributed by atoms with E-state index in [1.54, 1.807) is 28.6 Å². The fourth-order valence-corrected chi connectivity index (χ4v) is 7.83. The van der Waals surface area contributed by atoms with Gasteiger partial charge in [-0.3, -0.25) is 0 Å². The Kier molecular flexibility index (Phi) is 12.2. The minimum absolute atomic E-state index is 0.0117. The molecule has 0 aliphatic carbocycles. The lowest BCUT2D eigenvalue weighted by atomic mass is 9.91. The van der Waals surface area contributed by atoms with E-state index in [1.165, 1.54) is 0 Å². The number of hydrogen-bond donors (Lipinski definition) is 3. The summed E-state index contributed by atoms with van der Waals surface area (Å²) in [5, 5.41) is 28.7. The number of thioether (sulfide) groups is 1. The SMILES string of the molecule is C[C@H]1[C@@H](CSc2nnnn2-c2ccccc2)O[C@@H](c2cccc(-c3cccc(CNC(=O)Nc4ccc(Oc5ccccc5)cc4)c3)c2)O[C@H]1c1ccc(CO)cc1. The topological polar surface area (TPSA) is 133 Å². The van der Waals surface area contributed by atoms with Gasteiger partial charge in [0.05, 0.1) is 24.5 Å². The molecule has 2 heterocycles. The summed E-state index contributed by atoms with van der Waals surface area (Å²) in [6.45, 7) is 2.45. The standard InChI is InChI=1S/C46H42N6O5S/c1-31-42(30-58-46-49-50-51-52(46)39-14-4-2-5-15-39)56-44(57-43(31)34-20-18-32(29-53)19-21-34)37-13-9-12-36(27-37)35-11-8-10-33(26-35)28-47-45(54)48-38-22-24-41(25-23-38)55-40-16-6-3-7-17-40/h2-27,31,42-44,53H,28-30H2,1H3,(H2,47,48,54)/t31-,42+,43+,44+/m0/s1. The molecule has 11 nitrogen and oxygen atoms in total. The Morgan fingerprint density at radius 3 is 2.22 bits per heavy atom. The third-order valence-corrected chi connectivity index (χ3v) is 10.9. The molecule has 0 saturated carbocycles. The van der Waals surface area contributed by atoms with Crippen LogP contribution in [0.2, 0.25) is 0 Å². The first-order valence-corrected chi connectivity index (χ1v) is 20.0. The van der Waals surface area contributed by atoms with Crippen LogP contribution in [0, 0.1) is 5.92 Å². The number of nitrogens with zero attached hydrogens (tertiary/aromatic N) is 4. The van der Waals surface area contributed by atoms with Crippen LogP contribution in [0.5, 0.6) is 11.5 Å². The lowest BCUT2D eigenvalue weighted by Gasteiger charge is -2.41. The third kappa shape index (κ3) is 9.44. The number of hydrogen-bond acceptors (Lipinski definition) is 9. The van der Waals surface area contributed by atoms with Gasteiger partial charge >= 0.3 is 6.03 Å². The van der Waals surface area contributed by atoms with Crippen molar-refractivity contribution in [2.45, 2.75) is 43.7 Å². The molecule has 292 valence electrons. The van der Waals surface area contributed by atoms with Crippen LogP contribution in [-0.4, -0.2) is 43.2 Å². The van der Waals surface area contributed by atoms with Crippen LogP contribution < -0.4 is 15.4 Å². The number of carbonyl (C=O) groups is 1. The van der Waals surface area contributed by atoms with E-state index in [0.29, 0.717) is 28.9 Å². The summed E-state index contributed by atoms with van der Waals surface area (Å²) in [6, 6.07) is 50.5. The fourth-order valence-electron chi connectivity index (χ4n) is 6.78. The first kappa shape index (κ1) is 38.6. The average molecular weight is 791 g/mol. The Bertz CT molecular complexity index is 2410. The van der Waals surface area contributed by atoms with Gasteiger partial charge in [0.2, 0.25) is 5.16 Å². The van der Waals surface area contributed by atoms with Crippen molar-refractivity contribution in [2.75, 3.05) is 11.1 Å². The number of para-hydroxylation sites is 2. The molecule has 3 N–H and O–H groups in total. The molecule has 2 amide bonds. The number of anilines is 1. The molecular weight excluding hydrogens is 749 g/mol. The van der Waals surface area contributed by atoms with Crippen LogP contribution in [0.25, 0.3) is 16.8 Å². The van der Waals surface area contributed by atoms with Crippen LogP contribution >= 0.6 is 11.8 Å². The van der Waals surface area contributed by atoms with Gasteiger partial charge in [-0.25, -0.2) is 4.79 Å². The Hall–Kier alpha value is -6.31. The summed E-state index contributed by atoms with van der Waals surface area (Å²) in [5.41, 5.74) is 7.20. The summed E-state index contributed by atoms with van der Waals surface area (Å²) in [4.78, 5) is 12.8. The van der Waals surface area contributed by atoms with E-state index in [2.05, 4.69) is 51.3 Å². The van der Waals surface area contributed by atoms with E-state index in [1.807, 2.05) is 127 Å². The Labute approximate surface area is 341 Å². The predicted molar refractivity (Wildman–Crippen MR) is 224 cm³/mol. The molecule has 1 aromatic heterocycles. The second kappa shape index (κ2) is 18.3. The quantitative estimate of drug-likeness (QED) is 0.0978. The molecule has 0 radical (unpaired) electrons. The zero-order valence-corrected chi connectivity index (χ0v) is 32.5. The number of amides is 2. The molecule has 1 aliphatic heterocycles. The number of urea groups is 1. The van der Waals surface area contributed by atoms with E-state index in [9.17, 15) is 9.90 Å². The molecule has 0 spiro atoms. The molecule has 0 bridgehead atoms. The van der Waals surface area contributed by atoms with E-state index >= 15 is 0 Å². The number of aromatic nitrogens is 4. The number of carbonyl (C=O) groups excluding carboxylic acids is 1. The first-order chi connectivity index (χ1) is 28.5. The van der Waals surface area contributed by atoms with Gasteiger partial charge in [-0.05, 0) is 98.9 Å². The summed E-state index contributed by atoms with van der Waals surface area (Å²) >= 11 is 1.54. The van der Waals surface area contributed by atoms with Gasteiger partial charge in [0.1, 0.15) is 11.5 Å². The molecule has 1 saturated heterocycles. The van der Waals surface area contributed by atoms with E-state index in [-0.39, 0.29) is 30.8 Å². The van der Waals surface area contributed by atoms with Crippen LogP contribution in [0.1, 0.15) is 41.6 Å². The highest BCUT2D eigenvalue weighted by atomic mass is 32.2. The van der Waals surface area contributed by atoms with Gasteiger partial charge in [-0.15, -0.1) is 5.10 Å². The van der Waals surface area contributed by atoms with Crippen LogP contribution in [-0.2, 0) is 22.6 Å². The number of aliphatic hydroxyl groups is 1. The molecule has 4 atom stereocenters. The zero-order chi connectivity index (χ0) is 39.7. The van der Waals surface area contributed by atoms with Crippen molar-refractivity contribution in [3.05, 3.63) is 180 Å². The highest BCUT2D eigenvalue weighted by molar-refractivity contribution is 7.99. The molecule has 1 fully saturated rings. The summed E-state index contributed by atoms with van der Waals surface area (Å²) in [5.74, 6) is 2.01. The molecule has 8 rings (SSSR count). The van der Waals surface area contributed by atoms with Gasteiger partial charge in [0, 0.05) is 29.5 Å². The largest absolute Gasteiger partial charge is 0.457 e. The maximum absolute atomic E-state index is 12.8. The Morgan fingerprint density at radius 1 is 0.759 bits per heavy atom. The van der Waals surface area contributed by atoms with Crippen molar-refractivity contribution in [1.82, 2.24) is 25.5 Å². The van der Waals surface area contributed by atoms with E-state index in [4.69, 9.17) is 14.2 Å². The molecule has 0 unspecified atom stereocenters. The van der Waals surface area contributed by atoms with Crippen molar-refractivity contribution in [1.29, 1.82) is 0 Å². The van der Waals surface area contributed by atoms with Crippen molar-refractivity contribution < 1.29 is 24.1 Å². The minimum atomic E-state index is -0.651. The second-order valence-corrected chi connectivity index (χ2v) is 14.9. The van der Waals surface area contributed by atoms with Gasteiger partial charge in [0.25, 0.3) is 0 Å². The lowest BCUT2D eigenvalue weighted by Crippen LogP contribution is -2.38.